The molecule has 1 aliphatic heterocycles. The first-order chi connectivity index (χ1) is 11.7. The third-order valence-corrected chi connectivity index (χ3v) is 4.65. The van der Waals surface area contributed by atoms with Gasteiger partial charge < -0.3 is 10.6 Å². The molecule has 1 aromatic carbocycles. The highest BCUT2D eigenvalue weighted by molar-refractivity contribution is 6.30. The fourth-order valence-electron chi connectivity index (χ4n) is 3.09. The molecular formula is C19H22ClN3O. The number of hydrogen-bond donors (Lipinski definition) is 2. The monoisotopic (exact) mass is 343 g/mol. The minimum atomic E-state index is -0.279. The molecule has 2 unspecified atom stereocenters. The summed E-state index contributed by atoms with van der Waals surface area (Å²) in [5.41, 5.74) is 1.76. The van der Waals surface area contributed by atoms with Crippen molar-refractivity contribution in [1.82, 2.24) is 15.6 Å². The van der Waals surface area contributed by atoms with E-state index in [9.17, 15) is 4.79 Å². The fourth-order valence-corrected chi connectivity index (χ4v) is 3.29. The molecule has 3 rings (SSSR count). The van der Waals surface area contributed by atoms with Gasteiger partial charge in [0.2, 0.25) is 5.91 Å². The van der Waals surface area contributed by atoms with E-state index < -0.39 is 0 Å². The number of benzene rings is 1. The molecule has 1 aliphatic rings. The summed E-state index contributed by atoms with van der Waals surface area (Å²) in [6, 6.07) is 13.0. The van der Waals surface area contributed by atoms with Gasteiger partial charge in [0.15, 0.2) is 0 Å². The smallest absolute Gasteiger partial charge is 0.220 e. The van der Waals surface area contributed by atoms with Crippen LogP contribution in [0.1, 0.15) is 36.6 Å². The first-order valence-electron chi connectivity index (χ1n) is 8.39. The van der Waals surface area contributed by atoms with E-state index in [-0.39, 0.29) is 11.9 Å². The van der Waals surface area contributed by atoms with Crippen LogP contribution in [0.25, 0.3) is 0 Å². The van der Waals surface area contributed by atoms with E-state index in [4.69, 9.17) is 11.6 Å². The van der Waals surface area contributed by atoms with E-state index in [1.807, 2.05) is 42.5 Å². The van der Waals surface area contributed by atoms with Crippen molar-refractivity contribution in [2.75, 3.05) is 13.1 Å². The van der Waals surface area contributed by atoms with Gasteiger partial charge in [-0.15, -0.1) is 0 Å². The third kappa shape index (κ3) is 4.56. The summed E-state index contributed by atoms with van der Waals surface area (Å²) in [7, 11) is 0. The van der Waals surface area contributed by atoms with E-state index in [0.717, 1.165) is 37.2 Å². The molecule has 2 N–H and O–H groups in total. The number of carbonyl (C=O) groups excluding carboxylic acids is 1. The van der Waals surface area contributed by atoms with Crippen molar-refractivity contribution >= 4 is 17.5 Å². The Labute approximate surface area is 147 Å². The molecule has 4 nitrogen and oxygen atoms in total. The molecule has 2 heterocycles. The lowest BCUT2D eigenvalue weighted by Gasteiger charge is -2.19. The van der Waals surface area contributed by atoms with Crippen LogP contribution >= 0.6 is 11.6 Å². The zero-order chi connectivity index (χ0) is 16.8. The zero-order valence-corrected chi connectivity index (χ0v) is 14.3. The minimum absolute atomic E-state index is 0.0533. The first-order valence-corrected chi connectivity index (χ1v) is 8.76. The Morgan fingerprint density at radius 2 is 2.25 bits per heavy atom. The maximum absolute atomic E-state index is 12.4. The van der Waals surface area contributed by atoms with E-state index >= 15 is 0 Å². The summed E-state index contributed by atoms with van der Waals surface area (Å²) in [5.74, 6) is 0.660. The molecule has 2 aromatic rings. The van der Waals surface area contributed by atoms with Gasteiger partial charge in [0.1, 0.15) is 0 Å². The Morgan fingerprint density at radius 1 is 1.33 bits per heavy atom. The molecule has 1 saturated heterocycles. The van der Waals surface area contributed by atoms with Crippen molar-refractivity contribution in [1.29, 1.82) is 0 Å². The number of carbonyl (C=O) groups is 1. The number of aromatic nitrogens is 1. The van der Waals surface area contributed by atoms with Crippen LogP contribution in [0, 0.1) is 5.92 Å². The lowest BCUT2D eigenvalue weighted by molar-refractivity contribution is -0.121. The molecule has 2 atom stereocenters. The quantitative estimate of drug-likeness (QED) is 0.846. The lowest BCUT2D eigenvalue weighted by Crippen LogP contribution is -2.30. The molecule has 0 aliphatic carbocycles. The number of rotatable bonds is 6. The van der Waals surface area contributed by atoms with Crippen LogP contribution < -0.4 is 10.6 Å². The van der Waals surface area contributed by atoms with E-state index in [2.05, 4.69) is 15.6 Å². The average molecular weight is 344 g/mol. The first kappa shape index (κ1) is 16.9. The molecule has 1 aromatic heterocycles. The fraction of sp³-hybridized carbons (Fsp3) is 0.368. The highest BCUT2D eigenvalue weighted by Crippen LogP contribution is 2.23. The SMILES string of the molecule is O=C(CCC1CCNC1)NC(c1cccc(Cl)c1)c1ccccn1. The van der Waals surface area contributed by atoms with Gasteiger partial charge in [-0.1, -0.05) is 29.8 Å². The Kier molecular flexibility index (Phi) is 5.83. The molecule has 126 valence electrons. The standard InChI is InChI=1S/C19H22ClN3O/c20-16-5-3-4-15(12-16)19(17-6-1-2-10-22-17)23-18(24)8-7-14-9-11-21-13-14/h1-6,10,12,14,19,21H,7-9,11,13H2,(H,23,24). The van der Waals surface area contributed by atoms with Gasteiger partial charge >= 0.3 is 0 Å². The minimum Gasteiger partial charge on any atom is -0.344 e. The van der Waals surface area contributed by atoms with Crippen LogP contribution in [-0.2, 0) is 4.79 Å². The normalized spacial score (nSPS) is 18.3. The summed E-state index contributed by atoms with van der Waals surface area (Å²) in [6.45, 7) is 2.08. The molecule has 1 fully saturated rings. The number of pyridine rings is 1. The van der Waals surface area contributed by atoms with E-state index in [1.54, 1.807) is 6.20 Å². The molecule has 5 heteroatoms. The average Bonchev–Trinajstić information content (AvgIpc) is 3.12. The Bertz CT molecular complexity index is 671. The van der Waals surface area contributed by atoms with Gasteiger partial charge in [-0.3, -0.25) is 9.78 Å². The largest absolute Gasteiger partial charge is 0.344 e. The maximum atomic E-state index is 12.4. The van der Waals surface area contributed by atoms with Crippen molar-refractivity contribution in [2.45, 2.75) is 25.3 Å². The summed E-state index contributed by atoms with van der Waals surface area (Å²) in [4.78, 5) is 16.9. The van der Waals surface area contributed by atoms with E-state index in [0.29, 0.717) is 17.4 Å². The highest BCUT2D eigenvalue weighted by Gasteiger charge is 2.20. The van der Waals surface area contributed by atoms with Crippen LogP contribution in [0.3, 0.4) is 0 Å². The second-order valence-electron chi connectivity index (χ2n) is 6.21. The van der Waals surface area contributed by atoms with Gasteiger partial charge in [-0.05, 0) is 61.7 Å². The van der Waals surface area contributed by atoms with Crippen LogP contribution in [0.5, 0.6) is 0 Å². The highest BCUT2D eigenvalue weighted by atomic mass is 35.5. The summed E-state index contributed by atoms with van der Waals surface area (Å²) in [6.07, 6.45) is 4.36. The molecule has 0 spiro atoms. The van der Waals surface area contributed by atoms with Crippen LogP contribution in [0.4, 0.5) is 0 Å². The molecule has 0 saturated carbocycles. The topological polar surface area (TPSA) is 54.0 Å². The third-order valence-electron chi connectivity index (χ3n) is 4.41. The number of hydrogen-bond acceptors (Lipinski definition) is 3. The van der Waals surface area contributed by atoms with Gasteiger partial charge in [-0.2, -0.15) is 0 Å². The molecule has 0 radical (unpaired) electrons. The lowest BCUT2D eigenvalue weighted by atomic mass is 10.0. The second-order valence-corrected chi connectivity index (χ2v) is 6.64. The van der Waals surface area contributed by atoms with Crippen LogP contribution in [0.15, 0.2) is 48.7 Å². The Hall–Kier alpha value is -1.91. The van der Waals surface area contributed by atoms with Crippen molar-refractivity contribution in [3.8, 4) is 0 Å². The predicted octanol–water partition coefficient (Wildman–Crippen LogP) is 3.33. The van der Waals surface area contributed by atoms with Gasteiger partial charge in [0, 0.05) is 17.6 Å². The molecule has 1 amide bonds. The second kappa shape index (κ2) is 8.27. The van der Waals surface area contributed by atoms with Crippen molar-refractivity contribution in [3.63, 3.8) is 0 Å². The van der Waals surface area contributed by atoms with Crippen LogP contribution in [0.2, 0.25) is 5.02 Å². The predicted molar refractivity (Wildman–Crippen MR) is 95.9 cm³/mol. The number of amides is 1. The van der Waals surface area contributed by atoms with Crippen LogP contribution in [-0.4, -0.2) is 24.0 Å². The molecule has 24 heavy (non-hydrogen) atoms. The van der Waals surface area contributed by atoms with E-state index in [1.165, 1.54) is 0 Å². The molecule has 0 bridgehead atoms. The van der Waals surface area contributed by atoms with Gasteiger partial charge in [0.05, 0.1) is 11.7 Å². The van der Waals surface area contributed by atoms with Gasteiger partial charge in [-0.25, -0.2) is 0 Å². The van der Waals surface area contributed by atoms with Gasteiger partial charge in [0.25, 0.3) is 0 Å². The maximum Gasteiger partial charge on any atom is 0.220 e. The van der Waals surface area contributed by atoms with Crippen molar-refractivity contribution in [2.24, 2.45) is 5.92 Å². The van der Waals surface area contributed by atoms with Crippen molar-refractivity contribution in [3.05, 3.63) is 64.9 Å². The zero-order valence-electron chi connectivity index (χ0n) is 13.5. The molecular weight excluding hydrogens is 322 g/mol. The Balaban J connectivity index is 1.71. The van der Waals surface area contributed by atoms with Crippen molar-refractivity contribution < 1.29 is 4.79 Å². The number of nitrogens with zero attached hydrogens (tertiary/aromatic N) is 1. The summed E-state index contributed by atoms with van der Waals surface area (Å²) in [5, 5.41) is 7.11. The Morgan fingerprint density at radius 3 is 2.96 bits per heavy atom. The number of halogens is 1. The summed E-state index contributed by atoms with van der Waals surface area (Å²) < 4.78 is 0. The summed E-state index contributed by atoms with van der Waals surface area (Å²) >= 11 is 6.12. The number of nitrogens with one attached hydrogen (secondary N) is 2.